The summed E-state index contributed by atoms with van der Waals surface area (Å²) in [6, 6.07) is -0.854. The summed E-state index contributed by atoms with van der Waals surface area (Å²) in [7, 11) is 0. The predicted molar refractivity (Wildman–Crippen MR) is 76.6 cm³/mol. The van der Waals surface area contributed by atoms with Gasteiger partial charge in [0.15, 0.2) is 0 Å². The third kappa shape index (κ3) is 6.78. The SMILES string of the molecule is CC(C)(C)OC(=O)NC(CC1CCCCCC1)C(=O)O. The van der Waals surface area contributed by atoms with E-state index >= 15 is 0 Å². The van der Waals surface area contributed by atoms with Crippen molar-refractivity contribution in [2.24, 2.45) is 5.92 Å². The number of hydrogen-bond acceptors (Lipinski definition) is 3. The summed E-state index contributed by atoms with van der Waals surface area (Å²) in [5.41, 5.74) is -0.616. The Morgan fingerprint density at radius 2 is 1.75 bits per heavy atom. The van der Waals surface area contributed by atoms with Crippen LogP contribution in [0, 0.1) is 5.92 Å². The van der Waals surface area contributed by atoms with E-state index in [0.29, 0.717) is 12.3 Å². The smallest absolute Gasteiger partial charge is 0.408 e. The number of alkyl carbamates (subject to hydrolysis) is 1. The minimum absolute atomic E-state index is 0.383. The fraction of sp³-hybridized carbons (Fsp3) is 0.867. The average Bonchev–Trinajstić information content (AvgIpc) is 2.54. The van der Waals surface area contributed by atoms with Crippen molar-refractivity contribution in [2.75, 3.05) is 0 Å². The van der Waals surface area contributed by atoms with E-state index in [1.165, 1.54) is 12.8 Å². The van der Waals surface area contributed by atoms with Gasteiger partial charge < -0.3 is 15.2 Å². The zero-order chi connectivity index (χ0) is 15.2. The lowest BCUT2D eigenvalue weighted by Crippen LogP contribution is -2.44. The topological polar surface area (TPSA) is 75.6 Å². The minimum atomic E-state index is -0.986. The molecule has 0 aliphatic heterocycles. The first-order valence-electron chi connectivity index (χ1n) is 7.50. The number of amides is 1. The molecule has 20 heavy (non-hydrogen) atoms. The molecule has 0 radical (unpaired) electrons. The van der Waals surface area contributed by atoms with Gasteiger partial charge in [-0.15, -0.1) is 0 Å². The second-order valence-electron chi connectivity index (χ2n) is 6.63. The largest absolute Gasteiger partial charge is 0.480 e. The fourth-order valence-electron chi connectivity index (χ4n) is 2.60. The summed E-state index contributed by atoms with van der Waals surface area (Å²) in [6.07, 6.45) is 6.72. The first-order valence-corrected chi connectivity index (χ1v) is 7.50. The molecule has 0 aromatic carbocycles. The van der Waals surface area contributed by atoms with Crippen LogP contribution in [0.25, 0.3) is 0 Å². The fourth-order valence-corrected chi connectivity index (χ4v) is 2.60. The highest BCUT2D eigenvalue weighted by atomic mass is 16.6. The lowest BCUT2D eigenvalue weighted by atomic mass is 9.92. The van der Waals surface area contributed by atoms with Crippen LogP contribution < -0.4 is 5.32 Å². The molecule has 5 nitrogen and oxygen atoms in total. The van der Waals surface area contributed by atoms with Crippen LogP contribution in [0.1, 0.15) is 65.7 Å². The molecule has 2 N–H and O–H groups in total. The van der Waals surface area contributed by atoms with Crippen molar-refractivity contribution in [3.8, 4) is 0 Å². The third-order valence-corrected chi connectivity index (χ3v) is 3.53. The molecule has 0 saturated heterocycles. The van der Waals surface area contributed by atoms with Crippen molar-refractivity contribution in [3.63, 3.8) is 0 Å². The second kappa shape index (κ2) is 7.50. The maximum Gasteiger partial charge on any atom is 0.408 e. The Hall–Kier alpha value is -1.26. The minimum Gasteiger partial charge on any atom is -0.480 e. The number of carboxylic acid groups (broad SMARTS) is 1. The van der Waals surface area contributed by atoms with E-state index in [1.54, 1.807) is 20.8 Å². The normalized spacial score (nSPS) is 18.9. The number of carbonyl (C=O) groups is 2. The maximum absolute atomic E-state index is 11.7. The first-order chi connectivity index (χ1) is 9.28. The Morgan fingerprint density at radius 1 is 1.20 bits per heavy atom. The average molecular weight is 285 g/mol. The summed E-state index contributed by atoms with van der Waals surface area (Å²) in [4.78, 5) is 23.0. The van der Waals surface area contributed by atoms with Crippen LogP contribution in [0.15, 0.2) is 0 Å². The number of aliphatic carboxylic acids is 1. The Morgan fingerprint density at radius 3 is 2.20 bits per heavy atom. The van der Waals surface area contributed by atoms with Crippen LogP contribution in [0.3, 0.4) is 0 Å². The molecule has 0 aromatic rings. The van der Waals surface area contributed by atoms with E-state index in [-0.39, 0.29) is 0 Å². The molecule has 1 aliphatic carbocycles. The van der Waals surface area contributed by atoms with Gasteiger partial charge in [0.2, 0.25) is 0 Å². The van der Waals surface area contributed by atoms with E-state index in [2.05, 4.69) is 5.32 Å². The summed E-state index contributed by atoms with van der Waals surface area (Å²) < 4.78 is 5.12. The van der Waals surface area contributed by atoms with Crippen molar-refractivity contribution in [3.05, 3.63) is 0 Å². The summed E-state index contributed by atoms with van der Waals surface area (Å²) >= 11 is 0. The molecule has 5 heteroatoms. The van der Waals surface area contributed by atoms with Crippen molar-refractivity contribution in [1.29, 1.82) is 0 Å². The Balaban J connectivity index is 2.51. The Labute approximate surface area is 121 Å². The lowest BCUT2D eigenvalue weighted by molar-refractivity contribution is -0.140. The predicted octanol–water partition coefficient (Wildman–Crippen LogP) is 3.32. The maximum atomic E-state index is 11.7. The number of rotatable bonds is 4. The molecule has 0 spiro atoms. The molecule has 1 atom stereocenters. The molecule has 1 fully saturated rings. The zero-order valence-corrected chi connectivity index (χ0v) is 12.8. The van der Waals surface area contributed by atoms with E-state index in [9.17, 15) is 14.7 Å². The summed E-state index contributed by atoms with van der Waals surface area (Å²) in [6.45, 7) is 5.27. The number of carbonyl (C=O) groups excluding carboxylic acids is 1. The van der Waals surface area contributed by atoms with E-state index in [1.807, 2.05) is 0 Å². The van der Waals surface area contributed by atoms with E-state index in [4.69, 9.17) is 4.74 Å². The highest BCUT2D eigenvalue weighted by Crippen LogP contribution is 2.26. The lowest BCUT2D eigenvalue weighted by Gasteiger charge is -2.24. The van der Waals surface area contributed by atoms with Crippen molar-refractivity contribution >= 4 is 12.1 Å². The second-order valence-corrected chi connectivity index (χ2v) is 6.63. The first kappa shape index (κ1) is 16.8. The molecule has 0 aromatic heterocycles. The van der Waals surface area contributed by atoms with Crippen LogP contribution in [0.4, 0.5) is 4.79 Å². The van der Waals surface area contributed by atoms with Crippen LogP contribution in [-0.2, 0) is 9.53 Å². The van der Waals surface area contributed by atoms with Gasteiger partial charge in [-0.2, -0.15) is 0 Å². The summed E-state index contributed by atoms with van der Waals surface area (Å²) in [5.74, 6) is -0.603. The van der Waals surface area contributed by atoms with E-state index < -0.39 is 23.7 Å². The van der Waals surface area contributed by atoms with E-state index in [0.717, 1.165) is 25.7 Å². The van der Waals surface area contributed by atoms with Crippen molar-refractivity contribution in [1.82, 2.24) is 5.32 Å². The highest BCUT2D eigenvalue weighted by molar-refractivity contribution is 5.80. The van der Waals surface area contributed by atoms with Crippen LogP contribution >= 0.6 is 0 Å². The number of nitrogens with one attached hydrogen (secondary N) is 1. The van der Waals surface area contributed by atoms with Crippen LogP contribution in [0.2, 0.25) is 0 Å². The molecular weight excluding hydrogens is 258 g/mol. The molecule has 0 heterocycles. The van der Waals surface area contributed by atoms with Gasteiger partial charge in [0.05, 0.1) is 0 Å². The van der Waals surface area contributed by atoms with Gasteiger partial charge in [0.1, 0.15) is 11.6 Å². The Bertz CT molecular complexity index is 327. The van der Waals surface area contributed by atoms with Gasteiger partial charge in [-0.1, -0.05) is 38.5 Å². The molecule has 1 aliphatic rings. The van der Waals surface area contributed by atoms with Gasteiger partial charge in [0, 0.05) is 0 Å². The van der Waals surface area contributed by atoms with Crippen molar-refractivity contribution < 1.29 is 19.4 Å². The highest BCUT2D eigenvalue weighted by Gasteiger charge is 2.27. The molecule has 116 valence electrons. The molecule has 1 saturated carbocycles. The summed E-state index contributed by atoms with van der Waals surface area (Å²) in [5, 5.41) is 11.7. The van der Waals surface area contributed by atoms with Gasteiger partial charge in [-0.05, 0) is 33.1 Å². The molecule has 1 rings (SSSR count). The molecule has 1 amide bonds. The zero-order valence-electron chi connectivity index (χ0n) is 12.8. The molecular formula is C15H27NO4. The molecule has 1 unspecified atom stereocenters. The van der Waals surface area contributed by atoms with Crippen LogP contribution in [-0.4, -0.2) is 28.8 Å². The van der Waals surface area contributed by atoms with Gasteiger partial charge >= 0.3 is 12.1 Å². The van der Waals surface area contributed by atoms with Crippen LogP contribution in [0.5, 0.6) is 0 Å². The third-order valence-electron chi connectivity index (χ3n) is 3.53. The monoisotopic (exact) mass is 285 g/mol. The molecule has 0 bridgehead atoms. The number of hydrogen-bond donors (Lipinski definition) is 2. The number of carboxylic acids is 1. The van der Waals surface area contributed by atoms with Gasteiger partial charge in [-0.3, -0.25) is 0 Å². The Kier molecular flexibility index (Phi) is 6.30. The van der Waals surface area contributed by atoms with Gasteiger partial charge in [0.25, 0.3) is 0 Å². The quantitative estimate of drug-likeness (QED) is 0.777. The number of ether oxygens (including phenoxy) is 1. The van der Waals surface area contributed by atoms with Gasteiger partial charge in [-0.25, -0.2) is 9.59 Å². The van der Waals surface area contributed by atoms with Crippen molar-refractivity contribution in [2.45, 2.75) is 77.4 Å². The standard InChI is InChI=1S/C15H27NO4/c1-15(2,3)20-14(19)16-12(13(17)18)10-11-8-6-4-5-7-9-11/h11-12H,4-10H2,1-3H3,(H,16,19)(H,17,18).